The molecule has 0 amide bonds. The van der Waals surface area contributed by atoms with Crippen molar-refractivity contribution in [2.75, 3.05) is 5.32 Å². The second-order valence-electron chi connectivity index (χ2n) is 8.30. The van der Waals surface area contributed by atoms with Gasteiger partial charge >= 0.3 is 7.12 Å². The maximum atomic E-state index is 6.14. The minimum Gasteiger partial charge on any atom is -0.399 e. The lowest BCUT2D eigenvalue weighted by molar-refractivity contribution is 0.00578. The van der Waals surface area contributed by atoms with E-state index in [0.29, 0.717) is 0 Å². The summed E-state index contributed by atoms with van der Waals surface area (Å²) in [4.78, 5) is 4.45. The fourth-order valence-electron chi connectivity index (χ4n) is 2.59. The number of anilines is 1. The Labute approximate surface area is 138 Å². The average Bonchev–Trinajstić information content (AvgIpc) is 2.86. The number of hydrogen-bond donors (Lipinski definition) is 1. The van der Waals surface area contributed by atoms with E-state index in [9.17, 15) is 0 Å². The number of nitrogens with zero attached hydrogens (tertiary/aromatic N) is 2. The minimum absolute atomic E-state index is 0.0314. The van der Waals surface area contributed by atoms with Gasteiger partial charge in [0.05, 0.1) is 17.4 Å². The summed E-state index contributed by atoms with van der Waals surface area (Å²) in [7, 11) is -0.366. The first-order valence-corrected chi connectivity index (χ1v) is 8.09. The van der Waals surface area contributed by atoms with Gasteiger partial charge in [-0.05, 0) is 60.0 Å². The van der Waals surface area contributed by atoms with E-state index in [2.05, 4.69) is 58.8 Å². The number of nitrogens with one attached hydrogen (secondary N) is 1. The fraction of sp³-hybridized carbons (Fsp3) is 0.588. The molecule has 1 fully saturated rings. The Bertz CT molecular complexity index is 715. The maximum Gasteiger partial charge on any atom is 0.496 e. The Morgan fingerprint density at radius 3 is 2.26 bits per heavy atom. The Morgan fingerprint density at radius 2 is 1.70 bits per heavy atom. The van der Waals surface area contributed by atoms with Gasteiger partial charge in [0.1, 0.15) is 11.5 Å². The van der Waals surface area contributed by atoms with Crippen LogP contribution in [0.15, 0.2) is 24.5 Å². The average molecular weight is 315 g/mol. The van der Waals surface area contributed by atoms with Gasteiger partial charge in [-0.2, -0.15) is 0 Å². The van der Waals surface area contributed by atoms with Crippen LogP contribution in [0.1, 0.15) is 48.5 Å². The standard InChI is InChI=1S/C17H26BN3O2/c1-15(2,3)20-14-10-19-13-9-8-12(11-21(13)14)18-22-16(4,5)17(6,7)23-18/h8-11,20H,1-7H3. The monoisotopic (exact) mass is 315 g/mol. The molecule has 0 radical (unpaired) electrons. The lowest BCUT2D eigenvalue weighted by Gasteiger charge is -2.32. The summed E-state index contributed by atoms with van der Waals surface area (Å²) in [6.45, 7) is 14.6. The molecule has 0 saturated carbocycles. The lowest BCUT2D eigenvalue weighted by Crippen LogP contribution is -2.41. The van der Waals surface area contributed by atoms with Gasteiger partial charge in [-0.1, -0.05) is 6.07 Å². The van der Waals surface area contributed by atoms with E-state index in [4.69, 9.17) is 9.31 Å². The molecule has 1 saturated heterocycles. The van der Waals surface area contributed by atoms with Crippen LogP contribution in [0.5, 0.6) is 0 Å². The Hall–Kier alpha value is -1.53. The van der Waals surface area contributed by atoms with Crippen LogP contribution in [-0.4, -0.2) is 33.2 Å². The molecule has 3 heterocycles. The van der Waals surface area contributed by atoms with E-state index in [1.54, 1.807) is 0 Å². The van der Waals surface area contributed by atoms with E-state index in [1.165, 1.54) is 0 Å². The van der Waals surface area contributed by atoms with Crippen LogP contribution >= 0.6 is 0 Å². The molecule has 5 nitrogen and oxygen atoms in total. The third-order valence-electron chi connectivity index (χ3n) is 4.56. The largest absolute Gasteiger partial charge is 0.496 e. The quantitative estimate of drug-likeness (QED) is 0.866. The Balaban J connectivity index is 1.96. The fourth-order valence-corrected chi connectivity index (χ4v) is 2.59. The minimum atomic E-state index is -0.366. The van der Waals surface area contributed by atoms with Crippen molar-refractivity contribution in [3.05, 3.63) is 24.5 Å². The second kappa shape index (κ2) is 4.98. The van der Waals surface area contributed by atoms with Gasteiger partial charge in [-0.3, -0.25) is 4.40 Å². The molecule has 3 rings (SSSR count). The van der Waals surface area contributed by atoms with Crippen molar-refractivity contribution < 1.29 is 9.31 Å². The highest BCUT2D eigenvalue weighted by atomic mass is 16.7. The zero-order chi connectivity index (χ0) is 17.0. The zero-order valence-corrected chi connectivity index (χ0v) is 15.1. The van der Waals surface area contributed by atoms with Crippen molar-refractivity contribution in [1.82, 2.24) is 9.38 Å². The van der Waals surface area contributed by atoms with Crippen molar-refractivity contribution in [2.45, 2.75) is 65.2 Å². The third kappa shape index (κ3) is 2.97. The van der Waals surface area contributed by atoms with Crippen LogP contribution in [0.25, 0.3) is 5.65 Å². The first-order valence-electron chi connectivity index (χ1n) is 8.09. The summed E-state index contributed by atoms with van der Waals surface area (Å²) in [5.41, 5.74) is 1.18. The molecule has 0 aromatic carbocycles. The van der Waals surface area contributed by atoms with Gasteiger partial charge in [0.2, 0.25) is 0 Å². The molecule has 23 heavy (non-hydrogen) atoms. The van der Waals surface area contributed by atoms with Crippen molar-refractivity contribution in [1.29, 1.82) is 0 Å². The van der Waals surface area contributed by atoms with Gasteiger partial charge in [0.25, 0.3) is 0 Å². The van der Waals surface area contributed by atoms with Crippen LogP contribution < -0.4 is 10.8 Å². The molecule has 0 bridgehead atoms. The molecular weight excluding hydrogens is 289 g/mol. The molecule has 6 heteroatoms. The molecule has 124 valence electrons. The molecule has 0 unspecified atom stereocenters. The molecule has 0 aliphatic carbocycles. The topological polar surface area (TPSA) is 47.8 Å². The Morgan fingerprint density at radius 1 is 1.09 bits per heavy atom. The molecule has 1 aliphatic rings. The predicted octanol–water partition coefficient (Wildman–Crippen LogP) is 2.84. The summed E-state index contributed by atoms with van der Waals surface area (Å²) in [5, 5.41) is 3.47. The SMILES string of the molecule is CC(C)(C)Nc1cnc2ccc(B3OC(C)(C)C(C)(C)O3)cn12. The first kappa shape index (κ1) is 16.3. The Kier molecular flexibility index (Phi) is 3.54. The highest BCUT2D eigenvalue weighted by molar-refractivity contribution is 6.62. The third-order valence-corrected chi connectivity index (χ3v) is 4.56. The summed E-state index contributed by atoms with van der Waals surface area (Å²) in [5.74, 6) is 0.964. The zero-order valence-electron chi connectivity index (χ0n) is 15.1. The smallest absolute Gasteiger partial charge is 0.399 e. The molecule has 0 atom stereocenters. The van der Waals surface area contributed by atoms with Crippen molar-refractivity contribution in [2.24, 2.45) is 0 Å². The summed E-state index contributed by atoms with van der Waals surface area (Å²) >= 11 is 0. The van der Waals surface area contributed by atoms with Crippen molar-refractivity contribution in [3.8, 4) is 0 Å². The van der Waals surface area contributed by atoms with Crippen molar-refractivity contribution >= 4 is 24.0 Å². The molecule has 1 N–H and O–H groups in total. The highest BCUT2D eigenvalue weighted by Gasteiger charge is 2.51. The number of pyridine rings is 1. The molecule has 1 aliphatic heterocycles. The van der Waals surface area contributed by atoms with Gasteiger partial charge in [-0.25, -0.2) is 4.98 Å². The number of rotatable bonds is 2. The van der Waals surface area contributed by atoms with E-state index >= 15 is 0 Å². The summed E-state index contributed by atoms with van der Waals surface area (Å²) in [6, 6.07) is 4.01. The maximum absolute atomic E-state index is 6.14. The molecule has 2 aromatic heterocycles. The normalized spacial score (nSPS) is 20.2. The molecule has 2 aromatic rings. The van der Waals surface area contributed by atoms with Gasteiger partial charge in [0.15, 0.2) is 0 Å². The van der Waals surface area contributed by atoms with E-state index in [1.807, 2.05) is 28.9 Å². The van der Waals surface area contributed by atoms with Gasteiger partial charge in [0, 0.05) is 11.7 Å². The van der Waals surface area contributed by atoms with Crippen LogP contribution in [0.2, 0.25) is 0 Å². The van der Waals surface area contributed by atoms with Crippen LogP contribution in [0.3, 0.4) is 0 Å². The summed E-state index contributed by atoms with van der Waals surface area (Å²) < 4.78 is 14.3. The van der Waals surface area contributed by atoms with Gasteiger partial charge in [-0.15, -0.1) is 0 Å². The van der Waals surface area contributed by atoms with E-state index in [-0.39, 0.29) is 23.9 Å². The van der Waals surface area contributed by atoms with Crippen molar-refractivity contribution in [3.63, 3.8) is 0 Å². The van der Waals surface area contributed by atoms with Crippen LogP contribution in [-0.2, 0) is 9.31 Å². The molecular formula is C17H26BN3O2. The van der Waals surface area contributed by atoms with Gasteiger partial charge < -0.3 is 14.6 Å². The van der Waals surface area contributed by atoms with E-state index in [0.717, 1.165) is 16.9 Å². The predicted molar refractivity (Wildman–Crippen MR) is 94.3 cm³/mol. The van der Waals surface area contributed by atoms with E-state index < -0.39 is 0 Å². The second-order valence-corrected chi connectivity index (χ2v) is 8.30. The van der Waals surface area contributed by atoms with Crippen LogP contribution in [0.4, 0.5) is 5.82 Å². The highest BCUT2D eigenvalue weighted by Crippen LogP contribution is 2.36. The van der Waals surface area contributed by atoms with Crippen LogP contribution in [0, 0.1) is 0 Å². The number of hydrogen-bond acceptors (Lipinski definition) is 4. The lowest BCUT2D eigenvalue weighted by atomic mass is 9.80. The molecule has 0 spiro atoms. The summed E-state index contributed by atoms with van der Waals surface area (Å²) in [6.07, 6.45) is 3.90. The number of imidazole rings is 1. The number of aromatic nitrogens is 2. The number of fused-ring (bicyclic) bond motifs is 1. The first-order chi connectivity index (χ1) is 10.5.